The van der Waals surface area contributed by atoms with Crippen LogP contribution in [0.3, 0.4) is 0 Å². The lowest BCUT2D eigenvalue weighted by atomic mass is 9.95. The van der Waals surface area contributed by atoms with Crippen LogP contribution in [0.1, 0.15) is 27.0 Å². The summed E-state index contributed by atoms with van der Waals surface area (Å²) in [5, 5.41) is 0. The van der Waals surface area contributed by atoms with Gasteiger partial charge in [-0.25, -0.2) is 0 Å². The fourth-order valence-corrected chi connectivity index (χ4v) is 1.72. The Morgan fingerprint density at radius 1 is 1.40 bits per heavy atom. The van der Waals surface area contributed by atoms with Gasteiger partial charge in [0.2, 0.25) is 0 Å². The maximum atomic E-state index is 11.5. The molecule has 0 saturated carbocycles. The molecule has 0 saturated heterocycles. The molecule has 1 nitrogen and oxygen atoms in total. The summed E-state index contributed by atoms with van der Waals surface area (Å²) in [6.07, 6.45) is 3.48. The van der Waals surface area contributed by atoms with Crippen molar-refractivity contribution in [3.05, 3.63) is 47.5 Å². The SMILES string of the molecule is C=Cc1ccc(C(=O)CCl)c(C)c1C=C. The zero-order valence-corrected chi connectivity index (χ0v) is 9.47. The highest BCUT2D eigenvalue weighted by Gasteiger charge is 2.11. The Kier molecular flexibility index (Phi) is 3.87. The van der Waals surface area contributed by atoms with Crippen LogP contribution in [-0.4, -0.2) is 11.7 Å². The second-order valence-corrected chi connectivity index (χ2v) is 3.47. The third kappa shape index (κ3) is 2.18. The van der Waals surface area contributed by atoms with Crippen LogP contribution in [0.5, 0.6) is 0 Å². The van der Waals surface area contributed by atoms with E-state index in [9.17, 15) is 4.79 Å². The molecule has 0 aromatic heterocycles. The van der Waals surface area contributed by atoms with Gasteiger partial charge in [0, 0.05) is 5.56 Å². The first-order valence-corrected chi connectivity index (χ1v) is 5.16. The smallest absolute Gasteiger partial charge is 0.177 e. The van der Waals surface area contributed by atoms with Crippen molar-refractivity contribution in [2.75, 3.05) is 5.88 Å². The molecule has 0 amide bonds. The van der Waals surface area contributed by atoms with Crippen molar-refractivity contribution in [2.45, 2.75) is 6.92 Å². The number of benzene rings is 1. The standard InChI is InChI=1S/C13H13ClO/c1-4-10-6-7-12(13(15)8-14)9(3)11(10)5-2/h4-7H,1-2,8H2,3H3. The summed E-state index contributed by atoms with van der Waals surface area (Å²) in [5.74, 6) is -0.0573. The number of halogens is 1. The third-order valence-electron chi connectivity index (χ3n) is 2.39. The molecule has 0 aliphatic carbocycles. The largest absolute Gasteiger partial charge is 0.293 e. The molecule has 78 valence electrons. The molecule has 0 heterocycles. The van der Waals surface area contributed by atoms with Crippen molar-refractivity contribution in [3.63, 3.8) is 0 Å². The Morgan fingerprint density at radius 2 is 2.07 bits per heavy atom. The van der Waals surface area contributed by atoms with E-state index < -0.39 is 0 Å². The van der Waals surface area contributed by atoms with Crippen molar-refractivity contribution in [1.29, 1.82) is 0 Å². The van der Waals surface area contributed by atoms with Crippen LogP contribution in [-0.2, 0) is 0 Å². The molecule has 1 rings (SSSR count). The summed E-state index contributed by atoms with van der Waals surface area (Å²) >= 11 is 5.53. The second-order valence-electron chi connectivity index (χ2n) is 3.21. The normalized spacial score (nSPS) is 9.73. The lowest BCUT2D eigenvalue weighted by Gasteiger charge is -2.09. The van der Waals surface area contributed by atoms with Gasteiger partial charge in [-0.2, -0.15) is 0 Å². The predicted octanol–water partition coefficient (Wildman–Crippen LogP) is 3.70. The summed E-state index contributed by atoms with van der Waals surface area (Å²) in [4.78, 5) is 11.5. The highest BCUT2D eigenvalue weighted by atomic mass is 35.5. The van der Waals surface area contributed by atoms with E-state index >= 15 is 0 Å². The van der Waals surface area contributed by atoms with Gasteiger partial charge in [0.15, 0.2) is 5.78 Å². The molecule has 2 heteroatoms. The summed E-state index contributed by atoms with van der Waals surface area (Å²) in [5.41, 5.74) is 3.49. The third-order valence-corrected chi connectivity index (χ3v) is 2.64. The van der Waals surface area contributed by atoms with Gasteiger partial charge in [-0.1, -0.05) is 37.4 Å². The highest BCUT2D eigenvalue weighted by Crippen LogP contribution is 2.21. The van der Waals surface area contributed by atoms with Crippen LogP contribution in [0.4, 0.5) is 0 Å². The molecule has 0 N–H and O–H groups in total. The zero-order chi connectivity index (χ0) is 11.4. The van der Waals surface area contributed by atoms with E-state index in [0.717, 1.165) is 16.7 Å². The fourth-order valence-electron chi connectivity index (χ4n) is 1.57. The molecule has 0 atom stereocenters. The topological polar surface area (TPSA) is 17.1 Å². The number of ketones is 1. The summed E-state index contributed by atoms with van der Waals surface area (Å²) in [6, 6.07) is 3.64. The minimum Gasteiger partial charge on any atom is -0.293 e. The molecular weight excluding hydrogens is 208 g/mol. The van der Waals surface area contributed by atoms with E-state index in [1.807, 2.05) is 13.0 Å². The van der Waals surface area contributed by atoms with Crippen LogP contribution < -0.4 is 0 Å². The van der Waals surface area contributed by atoms with Crippen molar-refractivity contribution in [3.8, 4) is 0 Å². The second kappa shape index (κ2) is 4.94. The molecule has 0 unspecified atom stereocenters. The van der Waals surface area contributed by atoms with E-state index in [4.69, 9.17) is 11.6 Å². The highest BCUT2D eigenvalue weighted by molar-refractivity contribution is 6.30. The number of carbonyl (C=O) groups excluding carboxylic acids is 1. The molecule has 0 aliphatic heterocycles. The monoisotopic (exact) mass is 220 g/mol. The maximum absolute atomic E-state index is 11.5. The van der Waals surface area contributed by atoms with Crippen LogP contribution in [0, 0.1) is 6.92 Å². The van der Waals surface area contributed by atoms with Crippen LogP contribution in [0.25, 0.3) is 12.2 Å². The Morgan fingerprint density at radius 3 is 2.53 bits per heavy atom. The van der Waals surface area contributed by atoms with Gasteiger partial charge in [-0.15, -0.1) is 11.6 Å². The molecule has 1 aromatic rings. The van der Waals surface area contributed by atoms with E-state index in [2.05, 4.69) is 13.2 Å². The van der Waals surface area contributed by atoms with Crippen molar-refractivity contribution in [1.82, 2.24) is 0 Å². The van der Waals surface area contributed by atoms with Gasteiger partial charge >= 0.3 is 0 Å². The first kappa shape index (κ1) is 11.7. The molecule has 0 fully saturated rings. The molecule has 0 aliphatic rings. The van der Waals surface area contributed by atoms with E-state index in [1.54, 1.807) is 18.2 Å². The van der Waals surface area contributed by atoms with Gasteiger partial charge in [-0.05, 0) is 23.6 Å². The first-order chi connectivity index (χ1) is 7.15. The van der Waals surface area contributed by atoms with Gasteiger partial charge < -0.3 is 0 Å². The summed E-state index contributed by atoms with van der Waals surface area (Å²) in [6.45, 7) is 9.34. The zero-order valence-electron chi connectivity index (χ0n) is 8.72. The predicted molar refractivity (Wildman–Crippen MR) is 66.4 cm³/mol. The number of alkyl halides is 1. The van der Waals surface area contributed by atoms with Gasteiger partial charge in [0.25, 0.3) is 0 Å². The van der Waals surface area contributed by atoms with Crippen LogP contribution in [0.2, 0.25) is 0 Å². The number of Topliss-reactive ketones (excluding diaryl/α,β-unsaturated/α-hetero) is 1. The Bertz CT molecular complexity index is 419. The molecule has 0 spiro atoms. The Hall–Kier alpha value is -1.34. The first-order valence-electron chi connectivity index (χ1n) is 4.63. The van der Waals surface area contributed by atoms with Gasteiger partial charge in [-0.3, -0.25) is 4.79 Å². The molecule has 15 heavy (non-hydrogen) atoms. The van der Waals surface area contributed by atoms with Gasteiger partial charge in [0.05, 0.1) is 5.88 Å². The summed E-state index contributed by atoms with van der Waals surface area (Å²) in [7, 11) is 0. The van der Waals surface area contributed by atoms with E-state index in [1.165, 1.54) is 0 Å². The van der Waals surface area contributed by atoms with Crippen molar-refractivity contribution < 1.29 is 4.79 Å². The maximum Gasteiger partial charge on any atom is 0.177 e. The molecule has 1 aromatic carbocycles. The minimum absolute atomic E-state index is 0.00482. The van der Waals surface area contributed by atoms with E-state index in [-0.39, 0.29) is 11.7 Å². The van der Waals surface area contributed by atoms with E-state index in [0.29, 0.717) is 5.56 Å². The number of hydrogen-bond donors (Lipinski definition) is 0. The Balaban J connectivity index is 3.41. The average Bonchev–Trinajstić information content (AvgIpc) is 2.27. The lowest BCUT2D eigenvalue weighted by Crippen LogP contribution is -2.05. The quantitative estimate of drug-likeness (QED) is 0.559. The summed E-state index contributed by atoms with van der Waals surface area (Å²) < 4.78 is 0. The molecule has 0 radical (unpaired) electrons. The number of carbonyl (C=O) groups is 1. The fraction of sp³-hybridized carbons (Fsp3) is 0.154. The minimum atomic E-state index is -0.0621. The molecular formula is C13H13ClO. The average molecular weight is 221 g/mol. The number of rotatable bonds is 4. The Labute approximate surface area is 95.1 Å². The van der Waals surface area contributed by atoms with Crippen LogP contribution >= 0.6 is 11.6 Å². The lowest BCUT2D eigenvalue weighted by molar-refractivity contribution is 0.102. The van der Waals surface area contributed by atoms with Gasteiger partial charge in [0.1, 0.15) is 0 Å². The van der Waals surface area contributed by atoms with Crippen LogP contribution in [0.15, 0.2) is 25.3 Å². The van der Waals surface area contributed by atoms with Crippen molar-refractivity contribution >= 4 is 29.5 Å². The number of hydrogen-bond acceptors (Lipinski definition) is 1. The van der Waals surface area contributed by atoms with Crippen molar-refractivity contribution in [2.24, 2.45) is 0 Å². The molecule has 0 bridgehead atoms.